The summed E-state index contributed by atoms with van der Waals surface area (Å²) in [5.41, 5.74) is 3.52. The van der Waals surface area contributed by atoms with Crippen molar-refractivity contribution in [2.24, 2.45) is 0 Å². The molecule has 0 spiro atoms. The first-order valence-corrected chi connectivity index (χ1v) is 7.27. The van der Waals surface area contributed by atoms with Gasteiger partial charge in [0.1, 0.15) is 0 Å². The van der Waals surface area contributed by atoms with Gasteiger partial charge in [-0.25, -0.2) is 0 Å². The molecule has 0 aliphatic rings. The van der Waals surface area contributed by atoms with Crippen LogP contribution in [0.3, 0.4) is 0 Å². The van der Waals surface area contributed by atoms with Gasteiger partial charge in [0.25, 0.3) is 0 Å². The molecule has 0 fully saturated rings. The van der Waals surface area contributed by atoms with E-state index in [1.54, 1.807) is 0 Å². The van der Waals surface area contributed by atoms with Crippen LogP contribution in [0.15, 0.2) is 54.6 Å². The van der Waals surface area contributed by atoms with Crippen LogP contribution in [-0.2, 0) is 11.3 Å². The third kappa shape index (κ3) is 4.72. The van der Waals surface area contributed by atoms with E-state index in [2.05, 4.69) is 43.3 Å². The fraction of sp³-hybridized carbons (Fsp3) is 0.278. The van der Waals surface area contributed by atoms with Crippen molar-refractivity contribution in [3.8, 4) is 11.1 Å². The minimum Gasteiger partial charge on any atom is -0.480 e. The highest BCUT2D eigenvalue weighted by Gasteiger charge is 2.09. The van der Waals surface area contributed by atoms with Gasteiger partial charge in [-0.05, 0) is 29.7 Å². The zero-order valence-electron chi connectivity index (χ0n) is 12.3. The van der Waals surface area contributed by atoms with Crippen LogP contribution in [0, 0.1) is 0 Å². The highest BCUT2D eigenvalue weighted by molar-refractivity contribution is 5.69. The number of hydrogen-bond acceptors (Lipinski definition) is 2. The second kappa shape index (κ2) is 7.60. The smallest absolute Gasteiger partial charge is 0.317 e. The van der Waals surface area contributed by atoms with E-state index in [1.165, 1.54) is 11.1 Å². The molecule has 0 amide bonds. The molecule has 2 rings (SSSR count). The first-order chi connectivity index (χ1) is 10.2. The fourth-order valence-electron chi connectivity index (χ4n) is 2.41. The lowest BCUT2D eigenvalue weighted by Gasteiger charge is -2.19. The van der Waals surface area contributed by atoms with Gasteiger partial charge in [0.2, 0.25) is 0 Å². The standard InChI is InChI=1S/C18H21NO2/c1-2-12-19(14-18(20)21)13-15-8-10-17(11-9-15)16-6-4-3-5-7-16/h3-11H,2,12-14H2,1H3,(H,20,21). The van der Waals surface area contributed by atoms with Gasteiger partial charge in [0.05, 0.1) is 6.54 Å². The fourth-order valence-corrected chi connectivity index (χ4v) is 2.41. The number of rotatable bonds is 7. The number of carboxylic acid groups (broad SMARTS) is 1. The Kier molecular flexibility index (Phi) is 5.52. The number of carbonyl (C=O) groups is 1. The minimum atomic E-state index is -0.774. The van der Waals surface area contributed by atoms with Gasteiger partial charge < -0.3 is 5.11 Å². The SMILES string of the molecule is CCCN(CC(=O)O)Cc1ccc(-c2ccccc2)cc1. The van der Waals surface area contributed by atoms with Crippen molar-refractivity contribution < 1.29 is 9.90 Å². The zero-order chi connectivity index (χ0) is 15.1. The molecule has 0 unspecified atom stereocenters. The van der Waals surface area contributed by atoms with Crippen molar-refractivity contribution in [2.75, 3.05) is 13.1 Å². The molecular formula is C18H21NO2. The molecule has 3 heteroatoms. The predicted molar refractivity (Wildman–Crippen MR) is 85.1 cm³/mol. The molecule has 0 aliphatic heterocycles. The average Bonchev–Trinajstić information content (AvgIpc) is 2.48. The van der Waals surface area contributed by atoms with Crippen LogP contribution in [0.2, 0.25) is 0 Å². The number of aliphatic carboxylic acids is 1. The molecule has 3 nitrogen and oxygen atoms in total. The topological polar surface area (TPSA) is 40.5 Å². The molecular weight excluding hydrogens is 262 g/mol. The molecule has 0 aromatic heterocycles. The van der Waals surface area contributed by atoms with Crippen molar-refractivity contribution in [3.63, 3.8) is 0 Å². The summed E-state index contributed by atoms with van der Waals surface area (Å²) in [6, 6.07) is 18.6. The van der Waals surface area contributed by atoms with Crippen molar-refractivity contribution in [1.82, 2.24) is 4.90 Å². The number of benzene rings is 2. The van der Waals surface area contributed by atoms with Crippen LogP contribution < -0.4 is 0 Å². The number of nitrogens with zero attached hydrogens (tertiary/aromatic N) is 1. The molecule has 110 valence electrons. The summed E-state index contributed by atoms with van der Waals surface area (Å²) in [6.45, 7) is 3.63. The molecule has 0 saturated carbocycles. The van der Waals surface area contributed by atoms with E-state index in [0.717, 1.165) is 18.5 Å². The maximum Gasteiger partial charge on any atom is 0.317 e. The minimum absolute atomic E-state index is 0.0915. The Morgan fingerprint density at radius 3 is 2.19 bits per heavy atom. The van der Waals surface area contributed by atoms with Crippen molar-refractivity contribution >= 4 is 5.97 Å². The van der Waals surface area contributed by atoms with E-state index in [9.17, 15) is 4.79 Å². The van der Waals surface area contributed by atoms with E-state index in [4.69, 9.17) is 5.11 Å². The van der Waals surface area contributed by atoms with E-state index in [1.807, 2.05) is 23.1 Å². The van der Waals surface area contributed by atoms with E-state index < -0.39 is 5.97 Å². The molecule has 0 bridgehead atoms. The van der Waals surface area contributed by atoms with Gasteiger partial charge >= 0.3 is 5.97 Å². The van der Waals surface area contributed by atoms with E-state index in [-0.39, 0.29) is 6.54 Å². The highest BCUT2D eigenvalue weighted by Crippen LogP contribution is 2.19. The van der Waals surface area contributed by atoms with Gasteiger partial charge in [-0.1, -0.05) is 61.5 Å². The van der Waals surface area contributed by atoms with E-state index >= 15 is 0 Å². The largest absolute Gasteiger partial charge is 0.480 e. The van der Waals surface area contributed by atoms with Crippen LogP contribution in [0.1, 0.15) is 18.9 Å². The summed E-state index contributed by atoms with van der Waals surface area (Å²) < 4.78 is 0. The maximum absolute atomic E-state index is 10.9. The van der Waals surface area contributed by atoms with Crippen LogP contribution in [0.25, 0.3) is 11.1 Å². The zero-order valence-corrected chi connectivity index (χ0v) is 12.3. The Morgan fingerprint density at radius 1 is 1.00 bits per heavy atom. The molecule has 21 heavy (non-hydrogen) atoms. The second-order valence-electron chi connectivity index (χ2n) is 5.17. The number of carboxylic acids is 1. The molecule has 2 aromatic rings. The molecule has 0 saturated heterocycles. The van der Waals surface area contributed by atoms with Gasteiger partial charge in [-0.15, -0.1) is 0 Å². The number of hydrogen-bond donors (Lipinski definition) is 1. The summed E-state index contributed by atoms with van der Waals surface area (Å²) in [5.74, 6) is -0.774. The van der Waals surface area contributed by atoms with Crippen molar-refractivity contribution in [1.29, 1.82) is 0 Å². The van der Waals surface area contributed by atoms with Crippen molar-refractivity contribution in [2.45, 2.75) is 19.9 Å². The van der Waals surface area contributed by atoms with Crippen LogP contribution in [0.5, 0.6) is 0 Å². The summed E-state index contributed by atoms with van der Waals surface area (Å²) in [6.07, 6.45) is 0.954. The molecule has 0 heterocycles. The lowest BCUT2D eigenvalue weighted by atomic mass is 10.0. The summed E-state index contributed by atoms with van der Waals surface area (Å²) >= 11 is 0. The monoisotopic (exact) mass is 283 g/mol. The average molecular weight is 283 g/mol. The first-order valence-electron chi connectivity index (χ1n) is 7.27. The lowest BCUT2D eigenvalue weighted by Crippen LogP contribution is -2.30. The van der Waals surface area contributed by atoms with Crippen LogP contribution >= 0.6 is 0 Å². The summed E-state index contributed by atoms with van der Waals surface area (Å²) in [5, 5.41) is 8.94. The van der Waals surface area contributed by atoms with Gasteiger partial charge in [-0.2, -0.15) is 0 Å². The Morgan fingerprint density at radius 2 is 1.62 bits per heavy atom. The van der Waals surface area contributed by atoms with Crippen LogP contribution in [-0.4, -0.2) is 29.1 Å². The van der Waals surface area contributed by atoms with Gasteiger partial charge in [-0.3, -0.25) is 9.69 Å². The predicted octanol–water partition coefficient (Wildman–Crippen LogP) is 3.65. The van der Waals surface area contributed by atoms with Gasteiger partial charge in [0.15, 0.2) is 0 Å². The Bertz CT molecular complexity index is 564. The van der Waals surface area contributed by atoms with Crippen LogP contribution in [0.4, 0.5) is 0 Å². The normalized spacial score (nSPS) is 10.8. The third-order valence-corrected chi connectivity index (χ3v) is 3.37. The highest BCUT2D eigenvalue weighted by atomic mass is 16.4. The van der Waals surface area contributed by atoms with E-state index in [0.29, 0.717) is 6.54 Å². The molecule has 1 N–H and O–H groups in total. The third-order valence-electron chi connectivity index (χ3n) is 3.37. The van der Waals surface area contributed by atoms with Gasteiger partial charge in [0, 0.05) is 6.54 Å². The summed E-state index contributed by atoms with van der Waals surface area (Å²) in [4.78, 5) is 12.8. The maximum atomic E-state index is 10.9. The Balaban J connectivity index is 2.06. The molecule has 2 aromatic carbocycles. The van der Waals surface area contributed by atoms with Crippen molar-refractivity contribution in [3.05, 3.63) is 60.2 Å². The quantitative estimate of drug-likeness (QED) is 0.843. The first kappa shape index (κ1) is 15.3. The molecule has 0 aliphatic carbocycles. The Hall–Kier alpha value is -2.13. The molecule has 0 radical (unpaired) electrons. The Labute approximate surface area is 125 Å². The molecule has 0 atom stereocenters. The lowest BCUT2D eigenvalue weighted by molar-refractivity contribution is -0.138. The summed E-state index contributed by atoms with van der Waals surface area (Å²) in [7, 11) is 0. The second-order valence-corrected chi connectivity index (χ2v) is 5.17.